The summed E-state index contributed by atoms with van der Waals surface area (Å²) >= 11 is 0. The van der Waals surface area contributed by atoms with Crippen LogP contribution in [0.3, 0.4) is 0 Å². The Morgan fingerprint density at radius 1 is 0.931 bits per heavy atom. The highest BCUT2D eigenvalue weighted by atomic mass is 19.4. The van der Waals surface area contributed by atoms with Gasteiger partial charge in [0.25, 0.3) is 5.91 Å². The largest absolute Gasteiger partial charge is 0.417 e. The Kier molecular flexibility index (Phi) is 5.31. The number of nitrogens with one attached hydrogen (secondary N) is 1. The van der Waals surface area contributed by atoms with Crippen molar-refractivity contribution in [3.05, 3.63) is 83.3 Å². The fourth-order valence-electron chi connectivity index (χ4n) is 2.78. The summed E-state index contributed by atoms with van der Waals surface area (Å²) in [4.78, 5) is 28.3. The van der Waals surface area contributed by atoms with Crippen LogP contribution in [-0.2, 0) is 6.18 Å². The SMILES string of the molecule is NC(=O)c1cccc(NC(=O)c2ccccc2C(F)(F)F)c1-c1ccc(F)cn1. The van der Waals surface area contributed by atoms with E-state index < -0.39 is 34.9 Å². The second kappa shape index (κ2) is 7.70. The molecule has 2 aromatic carbocycles. The van der Waals surface area contributed by atoms with E-state index in [0.717, 1.165) is 24.4 Å². The quantitative estimate of drug-likeness (QED) is 0.639. The summed E-state index contributed by atoms with van der Waals surface area (Å²) in [6, 6.07) is 10.8. The minimum Gasteiger partial charge on any atom is -0.366 e. The molecule has 2 amide bonds. The summed E-state index contributed by atoms with van der Waals surface area (Å²) in [6.45, 7) is 0. The van der Waals surface area contributed by atoms with E-state index in [-0.39, 0.29) is 22.5 Å². The Bertz CT molecular complexity index is 1080. The molecule has 0 saturated carbocycles. The molecule has 0 aliphatic rings. The fraction of sp³-hybridized carbons (Fsp3) is 0.0500. The molecule has 0 spiro atoms. The van der Waals surface area contributed by atoms with Crippen molar-refractivity contribution in [2.24, 2.45) is 5.73 Å². The maximum absolute atomic E-state index is 13.2. The molecule has 148 valence electrons. The Hall–Kier alpha value is -3.75. The number of halogens is 4. The van der Waals surface area contributed by atoms with Gasteiger partial charge in [-0.25, -0.2) is 4.39 Å². The van der Waals surface area contributed by atoms with Crippen LogP contribution >= 0.6 is 0 Å². The number of anilines is 1. The monoisotopic (exact) mass is 403 g/mol. The number of primary amides is 1. The van der Waals surface area contributed by atoms with Gasteiger partial charge in [-0.3, -0.25) is 14.6 Å². The first-order valence-corrected chi connectivity index (χ1v) is 8.21. The van der Waals surface area contributed by atoms with Crippen molar-refractivity contribution in [2.45, 2.75) is 6.18 Å². The topological polar surface area (TPSA) is 85.1 Å². The van der Waals surface area contributed by atoms with Gasteiger partial charge in [0.1, 0.15) is 5.82 Å². The molecule has 1 aromatic heterocycles. The summed E-state index contributed by atoms with van der Waals surface area (Å²) < 4.78 is 52.9. The Morgan fingerprint density at radius 2 is 1.62 bits per heavy atom. The van der Waals surface area contributed by atoms with Gasteiger partial charge in [0, 0.05) is 5.56 Å². The van der Waals surface area contributed by atoms with E-state index in [1.54, 1.807) is 0 Å². The lowest BCUT2D eigenvalue weighted by molar-refractivity contribution is -0.137. The number of rotatable bonds is 4. The Balaban J connectivity index is 2.09. The third kappa shape index (κ3) is 4.23. The van der Waals surface area contributed by atoms with Crippen LogP contribution in [0.2, 0.25) is 0 Å². The molecule has 5 nitrogen and oxygen atoms in total. The van der Waals surface area contributed by atoms with E-state index in [2.05, 4.69) is 10.3 Å². The number of aromatic nitrogens is 1. The molecule has 0 aliphatic carbocycles. The highest BCUT2D eigenvalue weighted by Gasteiger charge is 2.35. The summed E-state index contributed by atoms with van der Waals surface area (Å²) in [7, 11) is 0. The Morgan fingerprint density at radius 3 is 2.24 bits per heavy atom. The Labute approximate surface area is 162 Å². The number of nitrogens with two attached hydrogens (primary N) is 1. The molecule has 3 aromatic rings. The van der Waals surface area contributed by atoms with Crippen LogP contribution in [0.25, 0.3) is 11.3 Å². The van der Waals surface area contributed by atoms with Gasteiger partial charge >= 0.3 is 6.18 Å². The molecule has 0 unspecified atom stereocenters. The summed E-state index contributed by atoms with van der Waals surface area (Å²) in [5, 5.41) is 2.37. The van der Waals surface area contributed by atoms with Crippen molar-refractivity contribution in [3.63, 3.8) is 0 Å². The van der Waals surface area contributed by atoms with Crippen molar-refractivity contribution < 1.29 is 27.2 Å². The van der Waals surface area contributed by atoms with Crippen LogP contribution in [0.1, 0.15) is 26.3 Å². The number of hydrogen-bond acceptors (Lipinski definition) is 3. The van der Waals surface area contributed by atoms with Gasteiger partial charge in [-0.05, 0) is 36.4 Å². The van der Waals surface area contributed by atoms with E-state index in [1.165, 1.54) is 36.4 Å². The molecule has 9 heteroatoms. The third-order valence-corrected chi connectivity index (χ3v) is 4.04. The summed E-state index contributed by atoms with van der Waals surface area (Å²) in [6.07, 6.45) is -3.83. The molecule has 0 fully saturated rings. The number of hydrogen-bond donors (Lipinski definition) is 2. The van der Waals surface area contributed by atoms with Crippen LogP contribution in [0.15, 0.2) is 60.8 Å². The first-order chi connectivity index (χ1) is 13.7. The van der Waals surface area contributed by atoms with E-state index in [1.807, 2.05) is 0 Å². The minimum absolute atomic E-state index is 0.00221. The van der Waals surface area contributed by atoms with Gasteiger partial charge < -0.3 is 11.1 Å². The van der Waals surface area contributed by atoms with Gasteiger partial charge in [-0.1, -0.05) is 18.2 Å². The second-order valence-corrected chi connectivity index (χ2v) is 5.95. The van der Waals surface area contributed by atoms with Crippen LogP contribution < -0.4 is 11.1 Å². The molecular weight excluding hydrogens is 390 g/mol. The number of nitrogens with zero attached hydrogens (tertiary/aromatic N) is 1. The zero-order valence-electron chi connectivity index (χ0n) is 14.6. The molecule has 3 rings (SSSR count). The number of carbonyl (C=O) groups excluding carboxylic acids is 2. The lowest BCUT2D eigenvalue weighted by Gasteiger charge is -2.16. The normalized spacial score (nSPS) is 11.2. The molecule has 0 aliphatic heterocycles. The molecular formula is C20H13F4N3O2. The summed E-state index contributed by atoms with van der Waals surface area (Å²) in [5.41, 5.74) is 3.82. The second-order valence-electron chi connectivity index (χ2n) is 5.95. The molecule has 0 radical (unpaired) electrons. The zero-order valence-corrected chi connectivity index (χ0v) is 14.6. The van der Waals surface area contributed by atoms with Crippen molar-refractivity contribution in [1.82, 2.24) is 4.98 Å². The van der Waals surface area contributed by atoms with Crippen molar-refractivity contribution >= 4 is 17.5 Å². The molecule has 0 atom stereocenters. The average Bonchev–Trinajstić information content (AvgIpc) is 2.68. The van der Waals surface area contributed by atoms with E-state index in [9.17, 15) is 27.2 Å². The first-order valence-electron chi connectivity index (χ1n) is 8.21. The number of pyridine rings is 1. The van der Waals surface area contributed by atoms with Crippen LogP contribution in [-0.4, -0.2) is 16.8 Å². The van der Waals surface area contributed by atoms with Crippen LogP contribution in [0.4, 0.5) is 23.2 Å². The molecule has 0 bridgehead atoms. The average molecular weight is 403 g/mol. The molecule has 0 saturated heterocycles. The standard InChI is InChI=1S/C20H13F4N3O2/c21-11-8-9-15(26-10-11)17-13(18(25)28)5-3-7-16(17)27-19(29)12-4-1-2-6-14(12)20(22,23)24/h1-10H,(H2,25,28)(H,27,29). The van der Waals surface area contributed by atoms with Crippen molar-refractivity contribution in [2.75, 3.05) is 5.32 Å². The summed E-state index contributed by atoms with van der Waals surface area (Å²) in [5.74, 6) is -2.52. The lowest BCUT2D eigenvalue weighted by atomic mass is 10.00. The van der Waals surface area contributed by atoms with E-state index in [0.29, 0.717) is 0 Å². The van der Waals surface area contributed by atoms with Gasteiger partial charge in [0.2, 0.25) is 5.91 Å². The lowest BCUT2D eigenvalue weighted by Crippen LogP contribution is -2.20. The highest BCUT2D eigenvalue weighted by Crippen LogP contribution is 2.34. The smallest absolute Gasteiger partial charge is 0.366 e. The molecule has 1 heterocycles. The van der Waals surface area contributed by atoms with Crippen LogP contribution in [0, 0.1) is 5.82 Å². The van der Waals surface area contributed by atoms with Gasteiger partial charge in [-0.15, -0.1) is 0 Å². The van der Waals surface area contributed by atoms with Crippen molar-refractivity contribution in [1.29, 1.82) is 0 Å². The highest BCUT2D eigenvalue weighted by molar-refractivity contribution is 6.10. The van der Waals surface area contributed by atoms with E-state index >= 15 is 0 Å². The number of amides is 2. The maximum Gasteiger partial charge on any atom is 0.417 e. The molecule has 29 heavy (non-hydrogen) atoms. The number of carbonyl (C=O) groups is 2. The number of alkyl halides is 3. The van der Waals surface area contributed by atoms with Gasteiger partial charge in [0.15, 0.2) is 0 Å². The third-order valence-electron chi connectivity index (χ3n) is 4.04. The zero-order chi connectivity index (χ0) is 21.2. The van der Waals surface area contributed by atoms with Gasteiger partial charge in [-0.2, -0.15) is 13.2 Å². The van der Waals surface area contributed by atoms with Crippen molar-refractivity contribution in [3.8, 4) is 11.3 Å². The maximum atomic E-state index is 13.2. The number of benzene rings is 2. The minimum atomic E-state index is -4.73. The van der Waals surface area contributed by atoms with E-state index in [4.69, 9.17) is 5.73 Å². The first kappa shape index (κ1) is 20.0. The van der Waals surface area contributed by atoms with Gasteiger partial charge in [0.05, 0.1) is 34.3 Å². The fourth-order valence-corrected chi connectivity index (χ4v) is 2.78. The molecule has 3 N–H and O–H groups in total. The predicted octanol–water partition coefficient (Wildman–Crippen LogP) is 4.26. The van der Waals surface area contributed by atoms with Crippen LogP contribution in [0.5, 0.6) is 0 Å². The predicted molar refractivity (Wildman–Crippen MR) is 97.5 cm³/mol.